The standard InChI is InChI=1S/C27H26N4O/c1-18-10-12-23(13-11-18)31(4)26-24(17-28-25(30-26)21-8-6-5-7-9-21)27(32)29-22-15-19(2)14-20(3)16-22/h5-17H,1-4H3,(H,29,32). The molecule has 0 unspecified atom stereocenters. The van der Waals surface area contributed by atoms with Crippen LogP contribution < -0.4 is 10.2 Å². The molecule has 1 aromatic heterocycles. The van der Waals surface area contributed by atoms with E-state index in [4.69, 9.17) is 4.98 Å². The van der Waals surface area contributed by atoms with Crippen molar-refractivity contribution < 1.29 is 4.79 Å². The normalized spacial score (nSPS) is 10.6. The van der Waals surface area contributed by atoms with Gasteiger partial charge in [0, 0.05) is 30.2 Å². The van der Waals surface area contributed by atoms with Gasteiger partial charge in [-0.25, -0.2) is 9.97 Å². The van der Waals surface area contributed by atoms with Crippen LogP contribution in [-0.2, 0) is 0 Å². The molecule has 1 N–H and O–H groups in total. The Morgan fingerprint density at radius 2 is 1.50 bits per heavy atom. The number of rotatable bonds is 5. The monoisotopic (exact) mass is 422 g/mol. The summed E-state index contributed by atoms with van der Waals surface area (Å²) in [6.45, 7) is 6.07. The molecule has 1 heterocycles. The van der Waals surface area contributed by atoms with Crippen LogP contribution in [0.5, 0.6) is 0 Å². The molecule has 0 saturated heterocycles. The predicted molar refractivity (Wildman–Crippen MR) is 131 cm³/mol. The average Bonchev–Trinajstić information content (AvgIpc) is 2.78. The van der Waals surface area contributed by atoms with E-state index in [0.29, 0.717) is 17.2 Å². The second-order valence-corrected chi connectivity index (χ2v) is 8.02. The third kappa shape index (κ3) is 4.67. The lowest BCUT2D eigenvalue weighted by Crippen LogP contribution is -2.21. The van der Waals surface area contributed by atoms with Crippen LogP contribution in [-0.4, -0.2) is 22.9 Å². The second kappa shape index (κ2) is 9.02. The molecule has 5 heteroatoms. The highest BCUT2D eigenvalue weighted by Gasteiger charge is 2.20. The molecule has 0 aliphatic rings. The second-order valence-electron chi connectivity index (χ2n) is 8.02. The van der Waals surface area contributed by atoms with Crippen LogP contribution in [0.1, 0.15) is 27.0 Å². The maximum atomic E-state index is 13.3. The van der Waals surface area contributed by atoms with Gasteiger partial charge in [-0.1, -0.05) is 54.1 Å². The molecule has 1 amide bonds. The molecule has 32 heavy (non-hydrogen) atoms. The first kappa shape index (κ1) is 21.2. The van der Waals surface area contributed by atoms with Gasteiger partial charge in [0.2, 0.25) is 0 Å². The Bertz CT molecular complexity index is 1230. The number of anilines is 3. The van der Waals surface area contributed by atoms with E-state index in [1.807, 2.05) is 99.4 Å². The van der Waals surface area contributed by atoms with Gasteiger partial charge < -0.3 is 10.2 Å². The summed E-state index contributed by atoms with van der Waals surface area (Å²) in [5.74, 6) is 0.871. The summed E-state index contributed by atoms with van der Waals surface area (Å²) in [6, 6.07) is 23.9. The molecule has 0 spiro atoms. The van der Waals surface area contributed by atoms with Gasteiger partial charge in [-0.3, -0.25) is 4.79 Å². The van der Waals surface area contributed by atoms with E-state index < -0.39 is 0 Å². The van der Waals surface area contributed by atoms with E-state index in [2.05, 4.69) is 16.4 Å². The van der Waals surface area contributed by atoms with Gasteiger partial charge in [-0.2, -0.15) is 0 Å². The molecule has 4 aromatic rings. The first-order valence-corrected chi connectivity index (χ1v) is 10.5. The van der Waals surface area contributed by atoms with E-state index >= 15 is 0 Å². The van der Waals surface area contributed by atoms with Gasteiger partial charge in [-0.05, 0) is 56.2 Å². The molecule has 0 bridgehead atoms. The molecule has 0 aliphatic carbocycles. The van der Waals surface area contributed by atoms with Gasteiger partial charge >= 0.3 is 0 Å². The lowest BCUT2D eigenvalue weighted by Gasteiger charge is -2.22. The minimum atomic E-state index is -0.247. The maximum absolute atomic E-state index is 13.3. The van der Waals surface area contributed by atoms with Crippen molar-refractivity contribution >= 4 is 23.1 Å². The van der Waals surface area contributed by atoms with E-state index in [0.717, 1.165) is 28.1 Å². The van der Waals surface area contributed by atoms with Crippen molar-refractivity contribution in [3.8, 4) is 11.4 Å². The number of hydrogen-bond donors (Lipinski definition) is 1. The van der Waals surface area contributed by atoms with E-state index in [1.165, 1.54) is 5.56 Å². The molecule has 4 rings (SSSR count). The third-order valence-corrected chi connectivity index (χ3v) is 5.26. The smallest absolute Gasteiger partial charge is 0.261 e. The molecule has 0 saturated carbocycles. The topological polar surface area (TPSA) is 58.1 Å². The molecule has 5 nitrogen and oxygen atoms in total. The van der Waals surface area contributed by atoms with E-state index in [9.17, 15) is 4.79 Å². The summed E-state index contributed by atoms with van der Waals surface area (Å²) in [5.41, 5.74) is 6.35. The summed E-state index contributed by atoms with van der Waals surface area (Å²) in [7, 11) is 1.91. The van der Waals surface area contributed by atoms with Crippen molar-refractivity contribution in [2.45, 2.75) is 20.8 Å². The van der Waals surface area contributed by atoms with Crippen LogP contribution in [0.4, 0.5) is 17.2 Å². The van der Waals surface area contributed by atoms with Crippen LogP contribution in [0.25, 0.3) is 11.4 Å². The highest BCUT2D eigenvalue weighted by Crippen LogP contribution is 2.28. The Hall–Kier alpha value is -3.99. The zero-order valence-corrected chi connectivity index (χ0v) is 18.8. The van der Waals surface area contributed by atoms with Gasteiger partial charge in [0.1, 0.15) is 11.4 Å². The fraction of sp³-hybridized carbons (Fsp3) is 0.148. The van der Waals surface area contributed by atoms with Gasteiger partial charge in [-0.15, -0.1) is 0 Å². The summed E-state index contributed by atoms with van der Waals surface area (Å²) in [6.07, 6.45) is 1.60. The molecule has 0 radical (unpaired) electrons. The lowest BCUT2D eigenvalue weighted by atomic mass is 10.1. The average molecular weight is 423 g/mol. The molecular weight excluding hydrogens is 396 g/mol. The van der Waals surface area contributed by atoms with Crippen molar-refractivity contribution in [2.24, 2.45) is 0 Å². The Labute approximate surface area is 188 Å². The van der Waals surface area contributed by atoms with Crippen LogP contribution in [0.3, 0.4) is 0 Å². The van der Waals surface area contributed by atoms with E-state index in [1.54, 1.807) is 6.20 Å². The molecular formula is C27H26N4O. The quantitative estimate of drug-likeness (QED) is 0.423. The fourth-order valence-corrected chi connectivity index (χ4v) is 3.65. The van der Waals surface area contributed by atoms with Gasteiger partial charge in [0.15, 0.2) is 5.82 Å². The molecule has 0 atom stereocenters. The summed E-state index contributed by atoms with van der Waals surface area (Å²) in [5, 5.41) is 3.01. The van der Waals surface area contributed by atoms with Gasteiger partial charge in [0.05, 0.1) is 0 Å². The highest BCUT2D eigenvalue weighted by molar-refractivity contribution is 6.08. The number of nitrogens with zero attached hydrogens (tertiary/aromatic N) is 3. The minimum Gasteiger partial charge on any atom is -0.329 e. The molecule has 3 aromatic carbocycles. The molecule has 0 fully saturated rings. The summed E-state index contributed by atoms with van der Waals surface area (Å²) in [4.78, 5) is 24.5. The number of hydrogen-bond acceptors (Lipinski definition) is 4. The number of carbonyl (C=O) groups excluding carboxylic acids is 1. The Kier molecular flexibility index (Phi) is 5.99. The van der Waals surface area contributed by atoms with Gasteiger partial charge in [0.25, 0.3) is 5.91 Å². The van der Waals surface area contributed by atoms with Crippen LogP contribution in [0.15, 0.2) is 79.0 Å². The van der Waals surface area contributed by atoms with Crippen LogP contribution in [0.2, 0.25) is 0 Å². The van der Waals surface area contributed by atoms with Crippen LogP contribution >= 0.6 is 0 Å². The number of aromatic nitrogens is 2. The largest absolute Gasteiger partial charge is 0.329 e. The predicted octanol–water partition coefficient (Wildman–Crippen LogP) is 6.09. The molecule has 160 valence electrons. The Morgan fingerprint density at radius 1 is 0.844 bits per heavy atom. The van der Waals surface area contributed by atoms with Crippen molar-refractivity contribution in [2.75, 3.05) is 17.3 Å². The maximum Gasteiger partial charge on any atom is 0.261 e. The first-order valence-electron chi connectivity index (χ1n) is 10.5. The summed E-state index contributed by atoms with van der Waals surface area (Å²) < 4.78 is 0. The Balaban J connectivity index is 1.76. The summed E-state index contributed by atoms with van der Waals surface area (Å²) >= 11 is 0. The number of amides is 1. The zero-order chi connectivity index (χ0) is 22.7. The van der Waals surface area contributed by atoms with Crippen molar-refractivity contribution in [1.82, 2.24) is 9.97 Å². The highest BCUT2D eigenvalue weighted by atomic mass is 16.1. The molecule has 0 aliphatic heterocycles. The van der Waals surface area contributed by atoms with Crippen molar-refractivity contribution in [1.29, 1.82) is 0 Å². The fourth-order valence-electron chi connectivity index (χ4n) is 3.65. The van der Waals surface area contributed by atoms with Crippen LogP contribution in [0, 0.1) is 20.8 Å². The third-order valence-electron chi connectivity index (χ3n) is 5.26. The zero-order valence-electron chi connectivity index (χ0n) is 18.8. The lowest BCUT2D eigenvalue weighted by molar-refractivity contribution is 0.102. The minimum absolute atomic E-state index is 0.247. The van der Waals surface area contributed by atoms with Crippen molar-refractivity contribution in [3.05, 3.63) is 101 Å². The van der Waals surface area contributed by atoms with E-state index in [-0.39, 0.29) is 5.91 Å². The number of nitrogens with one attached hydrogen (secondary N) is 1. The Morgan fingerprint density at radius 3 is 2.16 bits per heavy atom. The number of benzene rings is 3. The number of aryl methyl sites for hydroxylation is 3. The first-order chi connectivity index (χ1) is 15.4. The number of carbonyl (C=O) groups is 1. The SMILES string of the molecule is Cc1ccc(N(C)c2nc(-c3ccccc3)ncc2C(=O)Nc2cc(C)cc(C)c2)cc1. The van der Waals surface area contributed by atoms with Crippen molar-refractivity contribution in [3.63, 3.8) is 0 Å².